The molecule has 0 atom stereocenters. The van der Waals surface area contributed by atoms with Gasteiger partial charge in [-0.25, -0.2) is 4.79 Å². The van der Waals surface area contributed by atoms with Gasteiger partial charge in [-0.15, -0.1) is 0 Å². The fourth-order valence-electron chi connectivity index (χ4n) is 2.94. The number of imide groups is 1. The Hall–Kier alpha value is -2.38. The van der Waals surface area contributed by atoms with E-state index in [0.717, 1.165) is 5.69 Å². The van der Waals surface area contributed by atoms with Gasteiger partial charge in [0.05, 0.1) is 5.69 Å². The number of hydrogen-bond donors (Lipinski definition) is 2. The number of aryl methyl sites for hydroxylation is 2. The van der Waals surface area contributed by atoms with E-state index in [-0.39, 0.29) is 11.8 Å². The second-order valence-electron chi connectivity index (χ2n) is 5.58. The number of likely N-dealkylation sites (tertiary alicyclic amines) is 1. The van der Waals surface area contributed by atoms with Crippen LogP contribution < -0.4 is 10.6 Å². The van der Waals surface area contributed by atoms with E-state index < -0.39 is 11.6 Å². The van der Waals surface area contributed by atoms with Gasteiger partial charge in [0.2, 0.25) is 0 Å². The normalized spacial score (nSPS) is 20.6. The summed E-state index contributed by atoms with van der Waals surface area (Å²) < 4.78 is 1.56. The molecular weight excluding hydrogens is 274 g/mol. The quantitative estimate of drug-likeness (QED) is 0.684. The SMILES string of the molecule is Cc1cc(C(=O)N2CCC3(CC2)NC(=O)NC3=O)n(C)n1. The number of aromatic nitrogens is 2. The Morgan fingerprint density at radius 1 is 1.33 bits per heavy atom. The number of urea groups is 1. The van der Waals surface area contributed by atoms with Crippen LogP contribution in [0.15, 0.2) is 6.07 Å². The summed E-state index contributed by atoms with van der Waals surface area (Å²) in [5, 5.41) is 9.11. The third-order valence-electron chi connectivity index (χ3n) is 4.14. The van der Waals surface area contributed by atoms with Crippen LogP contribution in [0.1, 0.15) is 29.0 Å². The number of rotatable bonds is 1. The minimum atomic E-state index is -0.851. The Bertz CT molecular complexity index is 628. The third kappa shape index (κ3) is 2.16. The van der Waals surface area contributed by atoms with Gasteiger partial charge < -0.3 is 10.2 Å². The van der Waals surface area contributed by atoms with Crippen molar-refractivity contribution < 1.29 is 14.4 Å². The van der Waals surface area contributed by atoms with E-state index in [1.165, 1.54) is 0 Å². The van der Waals surface area contributed by atoms with E-state index in [9.17, 15) is 14.4 Å². The van der Waals surface area contributed by atoms with Gasteiger partial charge in [0.1, 0.15) is 11.2 Å². The second kappa shape index (κ2) is 4.57. The summed E-state index contributed by atoms with van der Waals surface area (Å²) in [6.45, 7) is 2.69. The number of carbonyl (C=O) groups is 3. The molecule has 0 aromatic carbocycles. The molecule has 8 heteroatoms. The fourth-order valence-corrected chi connectivity index (χ4v) is 2.94. The molecule has 2 aliphatic heterocycles. The van der Waals surface area contributed by atoms with Crippen molar-refractivity contribution in [2.24, 2.45) is 7.05 Å². The highest BCUT2D eigenvalue weighted by molar-refractivity contribution is 6.07. The lowest BCUT2D eigenvalue weighted by Crippen LogP contribution is -2.55. The van der Waals surface area contributed by atoms with Gasteiger partial charge in [-0.3, -0.25) is 19.6 Å². The van der Waals surface area contributed by atoms with Gasteiger partial charge in [0.25, 0.3) is 11.8 Å². The van der Waals surface area contributed by atoms with Crippen LogP contribution in [-0.2, 0) is 11.8 Å². The lowest BCUT2D eigenvalue weighted by atomic mass is 9.87. The molecule has 0 saturated carbocycles. The van der Waals surface area contributed by atoms with Gasteiger partial charge in [-0.05, 0) is 25.8 Å². The van der Waals surface area contributed by atoms with E-state index in [1.807, 2.05) is 6.92 Å². The van der Waals surface area contributed by atoms with Crippen LogP contribution in [0.5, 0.6) is 0 Å². The number of carbonyl (C=O) groups excluding carboxylic acids is 3. The molecule has 112 valence electrons. The maximum Gasteiger partial charge on any atom is 0.322 e. The number of amides is 4. The van der Waals surface area contributed by atoms with Crippen LogP contribution in [-0.4, -0.2) is 51.2 Å². The zero-order valence-electron chi connectivity index (χ0n) is 12.0. The topological polar surface area (TPSA) is 96.3 Å². The molecule has 8 nitrogen and oxygen atoms in total. The predicted molar refractivity (Wildman–Crippen MR) is 72.5 cm³/mol. The Morgan fingerprint density at radius 2 is 2.00 bits per heavy atom. The van der Waals surface area contributed by atoms with Crippen molar-refractivity contribution >= 4 is 17.8 Å². The monoisotopic (exact) mass is 291 g/mol. The molecule has 1 aromatic heterocycles. The molecule has 21 heavy (non-hydrogen) atoms. The highest BCUT2D eigenvalue weighted by atomic mass is 16.2. The smallest absolute Gasteiger partial charge is 0.322 e. The third-order valence-corrected chi connectivity index (χ3v) is 4.14. The molecule has 0 unspecified atom stereocenters. The van der Waals surface area contributed by atoms with Crippen molar-refractivity contribution in [1.82, 2.24) is 25.3 Å². The van der Waals surface area contributed by atoms with Crippen molar-refractivity contribution in [1.29, 1.82) is 0 Å². The number of nitrogens with zero attached hydrogens (tertiary/aromatic N) is 3. The first-order valence-corrected chi connectivity index (χ1v) is 6.85. The van der Waals surface area contributed by atoms with Crippen LogP contribution >= 0.6 is 0 Å². The lowest BCUT2D eigenvalue weighted by Gasteiger charge is -2.36. The van der Waals surface area contributed by atoms with Crippen LogP contribution in [0.2, 0.25) is 0 Å². The van der Waals surface area contributed by atoms with Crippen molar-refractivity contribution in [3.05, 3.63) is 17.5 Å². The van der Waals surface area contributed by atoms with Crippen LogP contribution in [0, 0.1) is 6.92 Å². The molecule has 3 rings (SSSR count). The summed E-state index contributed by atoms with van der Waals surface area (Å²) in [6.07, 6.45) is 0.848. The summed E-state index contributed by atoms with van der Waals surface area (Å²) >= 11 is 0. The summed E-state index contributed by atoms with van der Waals surface area (Å²) in [5.41, 5.74) is 0.469. The van der Waals surface area contributed by atoms with E-state index in [2.05, 4.69) is 15.7 Å². The maximum absolute atomic E-state index is 12.5. The van der Waals surface area contributed by atoms with E-state index in [0.29, 0.717) is 31.6 Å². The Morgan fingerprint density at radius 3 is 2.48 bits per heavy atom. The Kier molecular flexibility index (Phi) is 2.96. The van der Waals surface area contributed by atoms with Crippen LogP contribution in [0.3, 0.4) is 0 Å². The van der Waals surface area contributed by atoms with E-state index >= 15 is 0 Å². The zero-order chi connectivity index (χ0) is 15.2. The summed E-state index contributed by atoms with van der Waals surface area (Å²) in [6, 6.07) is 1.29. The minimum Gasteiger partial charge on any atom is -0.337 e. The zero-order valence-corrected chi connectivity index (χ0v) is 12.0. The molecule has 2 N–H and O–H groups in total. The average Bonchev–Trinajstić information content (AvgIpc) is 2.90. The Labute approximate surface area is 121 Å². The van der Waals surface area contributed by atoms with Crippen molar-refractivity contribution in [3.8, 4) is 0 Å². The predicted octanol–water partition coefficient (Wildman–Crippen LogP) is -0.457. The average molecular weight is 291 g/mol. The van der Waals surface area contributed by atoms with Gasteiger partial charge in [-0.2, -0.15) is 5.10 Å². The largest absolute Gasteiger partial charge is 0.337 e. The molecule has 0 aliphatic carbocycles. The highest BCUT2D eigenvalue weighted by Crippen LogP contribution is 2.26. The summed E-state index contributed by atoms with van der Waals surface area (Å²) in [5.74, 6) is -0.395. The molecular formula is C13H17N5O3. The number of piperidine rings is 1. The first-order valence-electron chi connectivity index (χ1n) is 6.85. The first kappa shape index (κ1) is 13.6. The highest BCUT2D eigenvalue weighted by Gasteiger charge is 2.48. The van der Waals surface area contributed by atoms with Crippen LogP contribution in [0.25, 0.3) is 0 Å². The fraction of sp³-hybridized carbons (Fsp3) is 0.538. The molecule has 2 saturated heterocycles. The second-order valence-corrected chi connectivity index (χ2v) is 5.58. The summed E-state index contributed by atoms with van der Waals surface area (Å²) in [4.78, 5) is 37.3. The molecule has 1 spiro atoms. The van der Waals surface area contributed by atoms with Crippen molar-refractivity contribution in [3.63, 3.8) is 0 Å². The number of hydrogen-bond acceptors (Lipinski definition) is 4. The molecule has 2 fully saturated rings. The molecule has 0 bridgehead atoms. The van der Waals surface area contributed by atoms with Crippen molar-refractivity contribution in [2.45, 2.75) is 25.3 Å². The Balaban J connectivity index is 1.71. The molecule has 1 aromatic rings. The minimum absolute atomic E-state index is 0.0994. The molecule has 4 amide bonds. The first-order chi connectivity index (χ1) is 9.91. The van der Waals surface area contributed by atoms with Gasteiger partial charge >= 0.3 is 6.03 Å². The molecule has 2 aliphatic rings. The maximum atomic E-state index is 12.5. The van der Waals surface area contributed by atoms with Gasteiger partial charge in [-0.1, -0.05) is 0 Å². The van der Waals surface area contributed by atoms with Gasteiger partial charge in [0, 0.05) is 20.1 Å². The van der Waals surface area contributed by atoms with Crippen LogP contribution in [0.4, 0.5) is 4.79 Å². The van der Waals surface area contributed by atoms with E-state index in [1.54, 1.807) is 22.7 Å². The lowest BCUT2D eigenvalue weighted by molar-refractivity contribution is -0.125. The molecule has 0 radical (unpaired) electrons. The molecule has 3 heterocycles. The van der Waals surface area contributed by atoms with Crippen molar-refractivity contribution in [2.75, 3.05) is 13.1 Å². The summed E-state index contributed by atoms with van der Waals surface area (Å²) in [7, 11) is 1.73. The van der Waals surface area contributed by atoms with Gasteiger partial charge in [0.15, 0.2) is 0 Å². The van der Waals surface area contributed by atoms with E-state index in [4.69, 9.17) is 0 Å². The number of nitrogens with one attached hydrogen (secondary N) is 2. The standard InChI is InChI=1S/C13H17N5O3/c1-8-7-9(17(2)16-8)10(19)18-5-3-13(4-6-18)11(20)14-12(21)15-13/h7H,3-6H2,1-2H3,(H2,14,15,20,21).